The molecule has 2 N–H and O–H groups in total. The number of nitrogens with two attached hydrogens (primary N) is 1. The molecule has 0 spiro atoms. The Bertz CT molecular complexity index is 439. The van der Waals surface area contributed by atoms with E-state index < -0.39 is 0 Å². The molecule has 1 aromatic rings. The van der Waals surface area contributed by atoms with Crippen molar-refractivity contribution in [3.8, 4) is 0 Å². The Kier molecular flexibility index (Phi) is 3.46. The van der Waals surface area contributed by atoms with Gasteiger partial charge in [-0.25, -0.2) is 9.97 Å². The van der Waals surface area contributed by atoms with Crippen molar-refractivity contribution in [3.05, 3.63) is 10.8 Å². The lowest BCUT2D eigenvalue weighted by Gasteiger charge is -2.21. The maximum Gasteiger partial charge on any atom is 0.241 e. The van der Waals surface area contributed by atoms with Crippen molar-refractivity contribution >= 4 is 33.5 Å². The molecule has 0 bridgehead atoms. The van der Waals surface area contributed by atoms with Gasteiger partial charge in [-0.1, -0.05) is 0 Å². The van der Waals surface area contributed by atoms with Crippen LogP contribution in [0, 0.1) is 0 Å². The summed E-state index contributed by atoms with van der Waals surface area (Å²) in [7, 11) is 1.81. The molecular weight excluding hydrogens is 286 g/mol. The van der Waals surface area contributed by atoms with Gasteiger partial charge in [0.15, 0.2) is 0 Å². The zero-order valence-electron chi connectivity index (χ0n) is 9.56. The van der Waals surface area contributed by atoms with Gasteiger partial charge in [-0.3, -0.25) is 4.79 Å². The van der Waals surface area contributed by atoms with Crippen LogP contribution in [-0.2, 0) is 4.79 Å². The van der Waals surface area contributed by atoms with Crippen LogP contribution in [0.1, 0.15) is 6.42 Å². The van der Waals surface area contributed by atoms with E-state index in [1.54, 1.807) is 4.90 Å². The molecule has 2 heterocycles. The monoisotopic (exact) mass is 299 g/mol. The van der Waals surface area contributed by atoms with E-state index in [9.17, 15) is 4.79 Å². The van der Waals surface area contributed by atoms with Crippen LogP contribution in [-0.4, -0.2) is 47.5 Å². The van der Waals surface area contributed by atoms with Crippen molar-refractivity contribution in [3.63, 3.8) is 0 Å². The lowest BCUT2D eigenvalue weighted by atomic mass is 10.4. The highest BCUT2D eigenvalue weighted by atomic mass is 79.9. The van der Waals surface area contributed by atoms with Crippen LogP contribution < -0.4 is 10.6 Å². The lowest BCUT2D eigenvalue weighted by Crippen LogP contribution is -2.35. The minimum Gasteiger partial charge on any atom is -0.383 e. The van der Waals surface area contributed by atoms with Crippen molar-refractivity contribution in [2.45, 2.75) is 6.42 Å². The third-order valence-corrected chi connectivity index (χ3v) is 3.53. The van der Waals surface area contributed by atoms with Crippen molar-refractivity contribution in [1.29, 1.82) is 0 Å². The highest BCUT2D eigenvalue weighted by molar-refractivity contribution is 9.10. The summed E-state index contributed by atoms with van der Waals surface area (Å²) in [6.45, 7) is 1.88. The number of amides is 1. The molecule has 1 aliphatic heterocycles. The molecule has 1 amide bonds. The molecule has 17 heavy (non-hydrogen) atoms. The van der Waals surface area contributed by atoms with E-state index in [1.165, 1.54) is 6.33 Å². The van der Waals surface area contributed by atoms with E-state index in [-0.39, 0.29) is 5.91 Å². The smallest absolute Gasteiger partial charge is 0.241 e. The molecule has 6 nitrogen and oxygen atoms in total. The van der Waals surface area contributed by atoms with Gasteiger partial charge < -0.3 is 15.5 Å². The van der Waals surface area contributed by atoms with E-state index in [0.29, 0.717) is 22.7 Å². The van der Waals surface area contributed by atoms with E-state index in [2.05, 4.69) is 25.9 Å². The number of likely N-dealkylation sites (N-methyl/N-ethyl adjacent to an activating group) is 1. The number of nitrogens with zero attached hydrogens (tertiary/aromatic N) is 4. The zero-order valence-corrected chi connectivity index (χ0v) is 11.1. The number of nitrogen functional groups attached to an aromatic ring is 1. The van der Waals surface area contributed by atoms with Crippen molar-refractivity contribution in [2.75, 3.05) is 37.3 Å². The number of aromatic nitrogens is 2. The molecule has 0 atom stereocenters. The number of carbonyl (C=O) groups is 1. The van der Waals surface area contributed by atoms with Crippen LogP contribution in [0.3, 0.4) is 0 Å². The van der Waals surface area contributed by atoms with E-state index in [0.717, 1.165) is 19.5 Å². The van der Waals surface area contributed by atoms with E-state index in [4.69, 9.17) is 5.73 Å². The highest BCUT2D eigenvalue weighted by Crippen LogP contribution is 2.28. The predicted octanol–water partition coefficient (Wildman–Crippen LogP) is 0.490. The average Bonchev–Trinajstić information content (AvgIpc) is 2.46. The summed E-state index contributed by atoms with van der Waals surface area (Å²) in [6.07, 6.45) is 2.33. The Balaban J connectivity index is 2.27. The third kappa shape index (κ3) is 2.49. The Morgan fingerprint density at radius 2 is 2.18 bits per heavy atom. The second-order valence-corrected chi connectivity index (χ2v) is 4.78. The minimum atomic E-state index is 0.0894. The maximum absolute atomic E-state index is 11.8. The average molecular weight is 300 g/mol. The summed E-state index contributed by atoms with van der Waals surface area (Å²) in [5.74, 6) is 1.16. The second kappa shape index (κ2) is 4.87. The van der Waals surface area contributed by atoms with Gasteiger partial charge in [0, 0.05) is 20.1 Å². The summed E-state index contributed by atoms with van der Waals surface area (Å²) in [6, 6.07) is 0. The van der Waals surface area contributed by atoms with Gasteiger partial charge in [-0.15, -0.1) is 0 Å². The SMILES string of the molecule is CN1CCCN(c2ncnc(N)c2Br)CC1=O. The molecule has 1 aliphatic rings. The molecular formula is C10H14BrN5O. The van der Waals surface area contributed by atoms with Crippen LogP contribution in [0.15, 0.2) is 10.8 Å². The first-order valence-electron chi connectivity index (χ1n) is 5.34. The fourth-order valence-electron chi connectivity index (χ4n) is 1.76. The number of halogens is 1. The van der Waals surface area contributed by atoms with Gasteiger partial charge in [0.2, 0.25) is 5.91 Å². The molecule has 1 aromatic heterocycles. The van der Waals surface area contributed by atoms with Gasteiger partial charge in [-0.2, -0.15) is 0 Å². The number of hydrogen-bond acceptors (Lipinski definition) is 5. The molecule has 1 fully saturated rings. The first kappa shape index (κ1) is 12.1. The predicted molar refractivity (Wildman–Crippen MR) is 68.6 cm³/mol. The Labute approximate surface area is 108 Å². The standard InChI is InChI=1S/C10H14BrN5O/c1-15-3-2-4-16(5-7(15)17)10-8(11)9(12)13-6-14-10/h6H,2-5H2,1H3,(H2,12,13,14). The first-order valence-corrected chi connectivity index (χ1v) is 6.14. The summed E-state index contributed by atoms with van der Waals surface area (Å²) in [5.41, 5.74) is 5.71. The molecule has 0 aromatic carbocycles. The largest absolute Gasteiger partial charge is 0.383 e. The number of hydrogen-bond donors (Lipinski definition) is 1. The fourth-order valence-corrected chi connectivity index (χ4v) is 2.22. The second-order valence-electron chi connectivity index (χ2n) is 3.99. The van der Waals surface area contributed by atoms with Gasteiger partial charge >= 0.3 is 0 Å². The molecule has 0 aliphatic carbocycles. The van der Waals surface area contributed by atoms with Crippen LogP contribution >= 0.6 is 15.9 Å². The van der Waals surface area contributed by atoms with Crippen molar-refractivity contribution < 1.29 is 4.79 Å². The summed E-state index contributed by atoms with van der Waals surface area (Å²) >= 11 is 3.36. The summed E-state index contributed by atoms with van der Waals surface area (Å²) < 4.78 is 0.650. The zero-order chi connectivity index (χ0) is 12.4. The Hall–Kier alpha value is -1.37. The van der Waals surface area contributed by atoms with Crippen molar-refractivity contribution in [2.24, 2.45) is 0 Å². The normalized spacial score (nSPS) is 17.2. The molecule has 92 valence electrons. The van der Waals surface area contributed by atoms with Crippen LogP contribution in [0.5, 0.6) is 0 Å². The first-order chi connectivity index (χ1) is 8.09. The Morgan fingerprint density at radius 1 is 1.41 bits per heavy atom. The van der Waals surface area contributed by atoms with E-state index in [1.807, 2.05) is 11.9 Å². The minimum absolute atomic E-state index is 0.0894. The maximum atomic E-state index is 11.8. The molecule has 7 heteroatoms. The molecule has 0 radical (unpaired) electrons. The van der Waals surface area contributed by atoms with E-state index >= 15 is 0 Å². The Morgan fingerprint density at radius 3 is 2.94 bits per heavy atom. The fraction of sp³-hybridized carbons (Fsp3) is 0.500. The van der Waals surface area contributed by atoms with Crippen molar-refractivity contribution in [1.82, 2.24) is 14.9 Å². The van der Waals surface area contributed by atoms with Crippen LogP contribution in [0.4, 0.5) is 11.6 Å². The quantitative estimate of drug-likeness (QED) is 0.817. The lowest BCUT2D eigenvalue weighted by molar-refractivity contribution is -0.127. The van der Waals surface area contributed by atoms with Crippen LogP contribution in [0.2, 0.25) is 0 Å². The summed E-state index contributed by atoms with van der Waals surface area (Å²) in [5, 5.41) is 0. The highest BCUT2D eigenvalue weighted by Gasteiger charge is 2.22. The topological polar surface area (TPSA) is 75.3 Å². The number of carbonyl (C=O) groups excluding carboxylic acids is 1. The van der Waals surface area contributed by atoms with Gasteiger partial charge in [0.25, 0.3) is 0 Å². The summed E-state index contributed by atoms with van der Waals surface area (Å²) in [4.78, 5) is 23.5. The molecule has 1 saturated heterocycles. The third-order valence-electron chi connectivity index (χ3n) is 2.77. The number of anilines is 2. The van der Waals surface area contributed by atoms with Gasteiger partial charge in [-0.05, 0) is 22.4 Å². The molecule has 0 saturated carbocycles. The van der Waals surface area contributed by atoms with Crippen LogP contribution in [0.25, 0.3) is 0 Å². The molecule has 2 rings (SSSR count). The number of rotatable bonds is 1. The van der Waals surface area contributed by atoms with Gasteiger partial charge in [0.05, 0.1) is 6.54 Å². The molecule has 0 unspecified atom stereocenters. The van der Waals surface area contributed by atoms with Gasteiger partial charge in [0.1, 0.15) is 22.4 Å².